The molecule has 5 nitrogen and oxygen atoms in total. The van der Waals surface area contributed by atoms with E-state index >= 15 is 0 Å². The average molecular weight is 397 g/mol. The molecule has 2 rings (SSSR count). The fraction of sp³-hybridized carbons (Fsp3) is 0.278. The van der Waals surface area contributed by atoms with Gasteiger partial charge < -0.3 is 5.32 Å². The molecule has 1 atom stereocenters. The quantitative estimate of drug-likeness (QED) is 0.724. The maximum atomic E-state index is 14.2. The van der Waals surface area contributed by atoms with E-state index in [0.29, 0.717) is 5.69 Å². The number of rotatable bonds is 7. The van der Waals surface area contributed by atoms with Crippen molar-refractivity contribution in [1.29, 1.82) is 0 Å². The summed E-state index contributed by atoms with van der Waals surface area (Å²) in [6, 6.07) is 11.7. The molecule has 0 spiro atoms. The number of carbonyl (C=O) groups is 1. The second kappa shape index (κ2) is 8.55. The first-order valence-electron chi connectivity index (χ1n) is 7.97. The highest BCUT2D eigenvalue weighted by molar-refractivity contribution is 7.98. The van der Waals surface area contributed by atoms with Gasteiger partial charge in [0.15, 0.2) is 0 Å². The summed E-state index contributed by atoms with van der Waals surface area (Å²) < 4.78 is 39.8. The molecule has 0 radical (unpaired) electrons. The van der Waals surface area contributed by atoms with Gasteiger partial charge in [0.05, 0.1) is 17.6 Å². The van der Waals surface area contributed by atoms with Gasteiger partial charge in [-0.2, -0.15) is 0 Å². The number of sulfonamides is 1. The van der Waals surface area contributed by atoms with Crippen LogP contribution in [-0.4, -0.2) is 32.9 Å². The summed E-state index contributed by atoms with van der Waals surface area (Å²) in [4.78, 5) is 13.7. The van der Waals surface area contributed by atoms with Crippen LogP contribution in [0.3, 0.4) is 0 Å². The minimum atomic E-state index is -3.88. The van der Waals surface area contributed by atoms with E-state index in [4.69, 9.17) is 0 Å². The lowest BCUT2D eigenvalue weighted by Gasteiger charge is -2.30. The molecule has 2 aromatic carbocycles. The van der Waals surface area contributed by atoms with Gasteiger partial charge in [-0.05, 0) is 36.9 Å². The van der Waals surface area contributed by atoms with E-state index in [9.17, 15) is 17.6 Å². The van der Waals surface area contributed by atoms with Crippen molar-refractivity contribution < 1.29 is 17.6 Å². The number of carbonyl (C=O) groups excluding carboxylic acids is 1. The Morgan fingerprint density at radius 1 is 1.19 bits per heavy atom. The van der Waals surface area contributed by atoms with Crippen molar-refractivity contribution in [3.05, 3.63) is 54.3 Å². The third kappa shape index (κ3) is 4.56. The van der Waals surface area contributed by atoms with Crippen LogP contribution < -0.4 is 9.62 Å². The fourth-order valence-corrected chi connectivity index (χ4v) is 4.40. The van der Waals surface area contributed by atoms with Crippen LogP contribution in [0.15, 0.2) is 53.4 Å². The average Bonchev–Trinajstić information content (AvgIpc) is 2.59. The molecule has 0 heterocycles. The number of nitrogens with one attached hydrogen (secondary N) is 1. The van der Waals surface area contributed by atoms with Crippen LogP contribution in [0.25, 0.3) is 0 Å². The molecule has 0 aliphatic carbocycles. The van der Waals surface area contributed by atoms with E-state index in [1.165, 1.54) is 36.0 Å². The van der Waals surface area contributed by atoms with Crippen molar-refractivity contribution >= 4 is 39.1 Å². The van der Waals surface area contributed by atoms with Gasteiger partial charge in [-0.15, -0.1) is 11.8 Å². The lowest BCUT2D eigenvalue weighted by Crippen LogP contribution is -2.47. The summed E-state index contributed by atoms with van der Waals surface area (Å²) >= 11 is 1.46. The lowest BCUT2D eigenvalue weighted by molar-refractivity contribution is -0.117. The Morgan fingerprint density at radius 3 is 2.38 bits per heavy atom. The summed E-state index contributed by atoms with van der Waals surface area (Å²) in [5.41, 5.74) is 0.445. The number of halogens is 1. The van der Waals surface area contributed by atoms with Crippen LogP contribution in [0.1, 0.15) is 13.3 Å². The van der Waals surface area contributed by atoms with Crippen molar-refractivity contribution in [3.63, 3.8) is 0 Å². The van der Waals surface area contributed by atoms with E-state index in [0.717, 1.165) is 15.5 Å². The van der Waals surface area contributed by atoms with Crippen LogP contribution in [0.2, 0.25) is 0 Å². The Bertz CT molecular complexity index is 888. The molecule has 140 valence electrons. The largest absolute Gasteiger partial charge is 0.323 e. The monoisotopic (exact) mass is 396 g/mol. The molecule has 0 aromatic heterocycles. The predicted molar refractivity (Wildman–Crippen MR) is 105 cm³/mol. The van der Waals surface area contributed by atoms with Gasteiger partial charge in [-0.1, -0.05) is 31.2 Å². The molecule has 8 heteroatoms. The molecular weight excluding hydrogens is 375 g/mol. The smallest absolute Gasteiger partial charge is 0.248 e. The molecule has 2 aromatic rings. The molecule has 0 aliphatic heterocycles. The van der Waals surface area contributed by atoms with Gasteiger partial charge in [-0.25, -0.2) is 12.8 Å². The molecule has 1 N–H and O–H groups in total. The highest BCUT2D eigenvalue weighted by Crippen LogP contribution is 2.28. The van der Waals surface area contributed by atoms with Crippen molar-refractivity contribution in [2.45, 2.75) is 24.3 Å². The van der Waals surface area contributed by atoms with E-state index in [1.54, 1.807) is 19.1 Å². The molecule has 0 saturated heterocycles. The van der Waals surface area contributed by atoms with E-state index in [2.05, 4.69) is 5.32 Å². The third-order valence-corrected chi connectivity index (χ3v) is 5.75. The Kier molecular flexibility index (Phi) is 6.66. The van der Waals surface area contributed by atoms with Gasteiger partial charge in [0.2, 0.25) is 15.9 Å². The van der Waals surface area contributed by atoms with Gasteiger partial charge in [-0.3, -0.25) is 9.10 Å². The van der Waals surface area contributed by atoms with Crippen molar-refractivity contribution in [1.82, 2.24) is 0 Å². The number of para-hydroxylation sites is 2. The first-order chi connectivity index (χ1) is 12.3. The molecule has 0 aliphatic rings. The molecule has 1 unspecified atom stereocenters. The summed E-state index contributed by atoms with van der Waals surface area (Å²) in [6.45, 7) is 1.68. The second-order valence-electron chi connectivity index (χ2n) is 5.62. The molecular formula is C18H21FN2O3S2. The first-order valence-corrected chi connectivity index (χ1v) is 11.0. The maximum absolute atomic E-state index is 14.2. The van der Waals surface area contributed by atoms with Gasteiger partial charge in [0.25, 0.3) is 0 Å². The lowest BCUT2D eigenvalue weighted by atomic mass is 10.1. The standard InChI is InChI=1S/C18H21FN2O3S2/c1-4-15(18(22)20-14-10-6-8-12-17(14)25-2)21(26(3,23)24)16-11-7-5-9-13(16)19/h5-12,15H,4H2,1-3H3,(H,20,22). The topological polar surface area (TPSA) is 66.5 Å². The third-order valence-electron chi connectivity index (χ3n) is 3.78. The minimum absolute atomic E-state index is 0.143. The molecule has 0 saturated carbocycles. The molecule has 1 amide bonds. The van der Waals surface area contributed by atoms with E-state index in [1.807, 2.05) is 18.4 Å². The number of nitrogens with zero attached hydrogens (tertiary/aromatic N) is 1. The Hall–Kier alpha value is -2.06. The zero-order valence-corrected chi connectivity index (χ0v) is 16.4. The van der Waals surface area contributed by atoms with Crippen LogP contribution in [0.5, 0.6) is 0 Å². The zero-order chi connectivity index (χ0) is 19.3. The van der Waals surface area contributed by atoms with Crippen molar-refractivity contribution in [2.75, 3.05) is 22.1 Å². The molecule has 26 heavy (non-hydrogen) atoms. The van der Waals surface area contributed by atoms with Gasteiger partial charge in [0, 0.05) is 4.90 Å². The Balaban J connectivity index is 2.42. The zero-order valence-electron chi connectivity index (χ0n) is 14.8. The number of amides is 1. The fourth-order valence-electron chi connectivity index (χ4n) is 2.63. The van der Waals surface area contributed by atoms with E-state index < -0.39 is 27.8 Å². The number of thioether (sulfide) groups is 1. The van der Waals surface area contributed by atoms with Crippen molar-refractivity contribution in [2.24, 2.45) is 0 Å². The van der Waals surface area contributed by atoms with E-state index in [-0.39, 0.29) is 12.1 Å². The van der Waals surface area contributed by atoms with Crippen LogP contribution in [0, 0.1) is 5.82 Å². The number of hydrogen-bond acceptors (Lipinski definition) is 4. The number of benzene rings is 2. The maximum Gasteiger partial charge on any atom is 0.248 e. The number of anilines is 2. The van der Waals surface area contributed by atoms with Gasteiger partial charge >= 0.3 is 0 Å². The van der Waals surface area contributed by atoms with Crippen LogP contribution >= 0.6 is 11.8 Å². The highest BCUT2D eigenvalue weighted by Gasteiger charge is 2.33. The summed E-state index contributed by atoms with van der Waals surface area (Å²) in [7, 11) is -3.88. The highest BCUT2D eigenvalue weighted by atomic mass is 32.2. The summed E-state index contributed by atoms with van der Waals surface area (Å²) in [5, 5.41) is 2.77. The summed E-state index contributed by atoms with van der Waals surface area (Å²) in [6.07, 6.45) is 3.03. The molecule has 0 fully saturated rings. The summed E-state index contributed by atoms with van der Waals surface area (Å²) in [5.74, 6) is -1.21. The van der Waals surface area contributed by atoms with Gasteiger partial charge in [0.1, 0.15) is 11.9 Å². The predicted octanol–water partition coefficient (Wildman–Crippen LogP) is 3.73. The number of hydrogen-bond donors (Lipinski definition) is 1. The minimum Gasteiger partial charge on any atom is -0.323 e. The molecule has 0 bridgehead atoms. The Labute approximate surface area is 157 Å². The Morgan fingerprint density at radius 2 is 1.81 bits per heavy atom. The van der Waals surface area contributed by atoms with Crippen LogP contribution in [-0.2, 0) is 14.8 Å². The SMILES string of the molecule is CCC(C(=O)Nc1ccccc1SC)N(c1ccccc1F)S(C)(=O)=O. The normalized spacial score (nSPS) is 12.5. The van der Waals surface area contributed by atoms with Crippen LogP contribution in [0.4, 0.5) is 15.8 Å². The van der Waals surface area contributed by atoms with Crippen molar-refractivity contribution in [3.8, 4) is 0 Å². The first kappa shape index (κ1) is 20.3. The second-order valence-corrected chi connectivity index (χ2v) is 8.33.